The molecule has 0 aliphatic carbocycles. The van der Waals surface area contributed by atoms with Crippen LogP contribution in [0.4, 0.5) is 0 Å². The van der Waals surface area contributed by atoms with E-state index in [9.17, 15) is 19.2 Å². The van der Waals surface area contributed by atoms with Crippen LogP contribution in [0, 0.1) is 0 Å². The number of hydrogen-bond acceptors (Lipinski definition) is 4. The van der Waals surface area contributed by atoms with Gasteiger partial charge in [-0.2, -0.15) is 0 Å². The molecule has 0 amide bonds. The van der Waals surface area contributed by atoms with E-state index in [1.165, 1.54) is 0 Å². The molecule has 0 saturated carbocycles. The zero-order valence-corrected chi connectivity index (χ0v) is 8.65. The molecule has 0 rings (SSSR count). The van der Waals surface area contributed by atoms with Crippen LogP contribution in [0.25, 0.3) is 0 Å². The first-order valence-corrected chi connectivity index (χ1v) is 6.95. The van der Waals surface area contributed by atoms with Crippen molar-refractivity contribution in [1.29, 1.82) is 0 Å². The summed E-state index contributed by atoms with van der Waals surface area (Å²) in [6.45, 7) is 0. The zero-order chi connectivity index (χ0) is 9.69. The van der Waals surface area contributed by atoms with Crippen molar-refractivity contribution >= 4 is 41.6 Å². The van der Waals surface area contributed by atoms with E-state index >= 15 is 0 Å². The van der Waals surface area contributed by atoms with Crippen LogP contribution < -0.4 is 0 Å². The maximum atomic E-state index is 10.5. The molecule has 0 saturated heterocycles. The monoisotopic (exact) mass is 278 g/mol. The molecule has 4 nitrogen and oxygen atoms in total. The van der Waals surface area contributed by atoms with Crippen LogP contribution >= 0.6 is 15.9 Å². The third-order valence-electron chi connectivity index (χ3n) is 1.16. The van der Waals surface area contributed by atoms with Crippen molar-refractivity contribution in [2.75, 3.05) is 5.33 Å². The van der Waals surface area contributed by atoms with E-state index in [4.69, 9.17) is 0 Å². The summed E-state index contributed by atoms with van der Waals surface area (Å²) in [5.74, 6) is 0. The summed E-state index contributed by atoms with van der Waals surface area (Å²) in [6, 6.07) is 0. The topological polar surface area (TPSA) is 68.3 Å². The molecule has 0 unspecified atom stereocenters. The van der Waals surface area contributed by atoms with Crippen LogP contribution in [-0.4, -0.2) is 31.0 Å². The second-order valence-electron chi connectivity index (χ2n) is 1.81. The van der Waals surface area contributed by atoms with Crippen molar-refractivity contribution in [3.63, 3.8) is 0 Å². The average Bonchev–Trinajstić information content (AvgIpc) is 2.16. The van der Waals surface area contributed by atoms with E-state index in [-0.39, 0.29) is 26.1 Å². The molecule has 6 heteroatoms. The van der Waals surface area contributed by atoms with Crippen molar-refractivity contribution in [1.82, 2.24) is 0 Å². The third kappa shape index (κ3) is 1.65. The van der Waals surface area contributed by atoms with E-state index in [0.717, 1.165) is 4.92 Å². The molecule has 0 atom stereocenters. The molecule has 0 radical (unpaired) electrons. The Labute approximate surface area is 77.6 Å². The van der Waals surface area contributed by atoms with Gasteiger partial charge in [0.2, 0.25) is 0 Å². The minimum absolute atomic E-state index is 0.158. The molecule has 0 aromatic heterocycles. The van der Waals surface area contributed by atoms with Gasteiger partial charge in [-0.25, -0.2) is 0 Å². The van der Waals surface area contributed by atoms with Crippen LogP contribution in [0.15, 0.2) is 0 Å². The fourth-order valence-corrected chi connectivity index (χ4v) is 3.75. The van der Waals surface area contributed by atoms with Gasteiger partial charge in [-0.1, -0.05) is 0 Å². The van der Waals surface area contributed by atoms with Crippen molar-refractivity contribution in [2.45, 2.75) is 0 Å². The summed E-state index contributed by atoms with van der Waals surface area (Å²) in [5.41, 5.74) is 0. The molecule has 70 valence electrons. The Morgan fingerprint density at radius 1 is 0.917 bits per heavy atom. The molecule has 0 aromatic rings. The van der Waals surface area contributed by atoms with Gasteiger partial charge in [0.25, 0.3) is 0 Å². The van der Waals surface area contributed by atoms with E-state index in [0.29, 0.717) is 0 Å². The van der Waals surface area contributed by atoms with Gasteiger partial charge in [0.05, 0.1) is 0 Å². The maximum absolute atomic E-state index is 10.5. The quantitative estimate of drug-likeness (QED) is 0.391. The predicted octanol–water partition coefficient (Wildman–Crippen LogP) is -0.366. The van der Waals surface area contributed by atoms with Crippen molar-refractivity contribution in [3.05, 3.63) is 0 Å². The number of halogens is 1. The Morgan fingerprint density at radius 3 is 1.33 bits per heavy atom. The van der Waals surface area contributed by atoms with E-state index in [2.05, 4.69) is 15.9 Å². The summed E-state index contributed by atoms with van der Waals surface area (Å²) < 4.78 is 0. The number of carbonyl (C=O) groups excluding carboxylic acids is 4. The normalized spacial score (nSPS) is 13.6. The van der Waals surface area contributed by atoms with E-state index in [1.807, 2.05) is 0 Å². The van der Waals surface area contributed by atoms with E-state index in [1.54, 1.807) is 0 Å². The number of rotatable bonds is 5. The number of carbonyl (C=O) groups is 4. The first kappa shape index (κ1) is 11.5. The molecular weight excluding hydrogens is 272 g/mol. The third-order valence-corrected chi connectivity index (χ3v) is 5.72. The summed E-state index contributed by atoms with van der Waals surface area (Å²) in [7, 11) is 0. The SMILES string of the molecule is O=[CH][Fe]([CH]=O)([CH]=O)([CH]=O)=[CH]CBr. The van der Waals surface area contributed by atoms with Crippen molar-refractivity contribution < 1.29 is 30.5 Å². The molecule has 0 aliphatic rings. The molecule has 0 spiro atoms. The average molecular weight is 279 g/mol. The molecular formula is C6H7BrFeO4. The standard InChI is InChI=1S/C2H3Br.4CHO.Fe/c1-2-3;4*1-2;/h1H,2H2;4*1H;. The van der Waals surface area contributed by atoms with Gasteiger partial charge in [-0.05, 0) is 0 Å². The minimum atomic E-state index is -4.23. The second-order valence-corrected chi connectivity index (χ2v) is 7.63. The van der Waals surface area contributed by atoms with E-state index < -0.39 is 11.4 Å². The Hall–Kier alpha value is -0.451. The fraction of sp³-hybridized carbons (Fsp3) is 0.167. The fourth-order valence-electron chi connectivity index (χ4n) is 0.380. The summed E-state index contributed by atoms with van der Waals surface area (Å²) in [4.78, 5) is 43.3. The number of hydrogen-bond donors (Lipinski definition) is 0. The van der Waals surface area contributed by atoms with Gasteiger partial charge < -0.3 is 0 Å². The van der Waals surface area contributed by atoms with Gasteiger partial charge in [-0.15, -0.1) is 0 Å². The van der Waals surface area contributed by atoms with Gasteiger partial charge >= 0.3 is 77.4 Å². The van der Waals surface area contributed by atoms with Crippen LogP contribution in [0.2, 0.25) is 0 Å². The summed E-state index contributed by atoms with van der Waals surface area (Å²) in [6.07, 6.45) is 0. The van der Waals surface area contributed by atoms with Crippen LogP contribution in [-0.2, 0) is 30.5 Å². The Bertz CT molecular complexity index is 240. The zero-order valence-electron chi connectivity index (χ0n) is 5.96. The Balaban J connectivity index is 5.78. The van der Waals surface area contributed by atoms with Crippen molar-refractivity contribution in [3.8, 4) is 0 Å². The predicted molar refractivity (Wildman–Crippen MR) is 46.9 cm³/mol. The molecule has 0 fully saturated rings. The van der Waals surface area contributed by atoms with Crippen LogP contribution in [0.3, 0.4) is 0 Å². The van der Waals surface area contributed by atoms with Crippen LogP contribution in [0.5, 0.6) is 0 Å². The molecule has 0 aromatic carbocycles. The molecule has 12 heavy (non-hydrogen) atoms. The van der Waals surface area contributed by atoms with Gasteiger partial charge in [0.15, 0.2) is 0 Å². The summed E-state index contributed by atoms with van der Waals surface area (Å²) >= 11 is -1.30. The summed E-state index contributed by atoms with van der Waals surface area (Å²) in [5, 5.41) is 0.813. The molecule has 0 bridgehead atoms. The van der Waals surface area contributed by atoms with Gasteiger partial charge in [-0.3, -0.25) is 0 Å². The van der Waals surface area contributed by atoms with Crippen LogP contribution in [0.1, 0.15) is 0 Å². The molecule has 0 heterocycles. The first-order chi connectivity index (χ1) is 5.62. The number of alkyl halides is 1. The molecule has 0 N–H and O–H groups in total. The van der Waals surface area contributed by atoms with Gasteiger partial charge in [0, 0.05) is 0 Å². The van der Waals surface area contributed by atoms with Gasteiger partial charge in [0.1, 0.15) is 0 Å². The Kier molecular flexibility index (Phi) is 3.83. The Morgan fingerprint density at radius 2 is 1.25 bits per heavy atom. The molecule has 0 aliphatic heterocycles. The second kappa shape index (κ2) is 3.98. The van der Waals surface area contributed by atoms with Crippen molar-refractivity contribution in [2.24, 2.45) is 0 Å². The first-order valence-electron chi connectivity index (χ1n) is 2.64.